The molecule has 0 fully saturated rings. The van der Waals surface area contributed by atoms with E-state index in [9.17, 15) is 14.7 Å². The summed E-state index contributed by atoms with van der Waals surface area (Å²) in [6.07, 6.45) is 0.918. The minimum atomic E-state index is -0.288. The number of halogens is 1. The van der Waals surface area contributed by atoms with Crippen LogP contribution in [0.3, 0.4) is 0 Å². The molecule has 0 radical (unpaired) electrons. The SMILES string of the molecule is CCCOC(=O)Cc1cccc(-c2cc3cc(-c4ccc(-c5ccccc5O)cc4)c(Cl)cc3[nH]c2=O)c1. The molecule has 1 aromatic heterocycles. The molecule has 1 heterocycles. The Kier molecular flexibility index (Phi) is 7.29. The van der Waals surface area contributed by atoms with E-state index in [0.29, 0.717) is 22.7 Å². The Labute approximate surface area is 225 Å². The van der Waals surface area contributed by atoms with Crippen molar-refractivity contribution in [3.05, 3.63) is 112 Å². The number of rotatable bonds is 7. The van der Waals surface area contributed by atoms with Crippen LogP contribution in [0, 0.1) is 0 Å². The zero-order valence-electron chi connectivity index (χ0n) is 20.8. The Bertz CT molecular complexity index is 1690. The molecule has 0 bridgehead atoms. The Balaban J connectivity index is 1.49. The molecular formula is C32H26ClNO4. The number of nitrogens with one attached hydrogen (secondary N) is 1. The van der Waals surface area contributed by atoms with E-state index in [1.807, 2.05) is 79.7 Å². The average molecular weight is 524 g/mol. The van der Waals surface area contributed by atoms with Crippen molar-refractivity contribution in [3.63, 3.8) is 0 Å². The van der Waals surface area contributed by atoms with Gasteiger partial charge in [-0.25, -0.2) is 0 Å². The maximum absolute atomic E-state index is 13.0. The van der Waals surface area contributed by atoms with Gasteiger partial charge in [-0.2, -0.15) is 0 Å². The lowest BCUT2D eigenvalue weighted by Crippen LogP contribution is -2.10. The maximum Gasteiger partial charge on any atom is 0.310 e. The number of phenols is 1. The number of esters is 1. The summed E-state index contributed by atoms with van der Waals surface area (Å²) in [7, 11) is 0. The number of carbonyl (C=O) groups excluding carboxylic acids is 1. The average Bonchev–Trinajstić information content (AvgIpc) is 2.92. The van der Waals surface area contributed by atoms with Crippen molar-refractivity contribution < 1.29 is 14.6 Å². The van der Waals surface area contributed by atoms with Gasteiger partial charge in [-0.3, -0.25) is 9.59 Å². The molecule has 6 heteroatoms. The summed E-state index contributed by atoms with van der Waals surface area (Å²) >= 11 is 6.63. The van der Waals surface area contributed by atoms with Crippen LogP contribution in [-0.4, -0.2) is 22.7 Å². The van der Waals surface area contributed by atoms with Crippen LogP contribution in [0.15, 0.2) is 95.8 Å². The normalized spacial score (nSPS) is 11.0. The van der Waals surface area contributed by atoms with Gasteiger partial charge in [0.25, 0.3) is 5.56 Å². The number of ether oxygens (including phenoxy) is 1. The van der Waals surface area contributed by atoms with Crippen molar-refractivity contribution in [2.24, 2.45) is 0 Å². The summed E-state index contributed by atoms with van der Waals surface area (Å²) < 4.78 is 5.20. The first kappa shape index (κ1) is 25.3. The molecule has 5 nitrogen and oxygen atoms in total. The monoisotopic (exact) mass is 523 g/mol. The van der Waals surface area contributed by atoms with Crippen LogP contribution in [0.2, 0.25) is 5.02 Å². The third-order valence-corrected chi connectivity index (χ3v) is 6.71. The van der Waals surface area contributed by atoms with Crippen molar-refractivity contribution in [1.29, 1.82) is 0 Å². The molecule has 0 aliphatic heterocycles. The van der Waals surface area contributed by atoms with Gasteiger partial charge in [-0.05, 0) is 58.3 Å². The molecule has 0 aliphatic carbocycles. The summed E-state index contributed by atoms with van der Waals surface area (Å²) in [4.78, 5) is 28.0. The molecule has 38 heavy (non-hydrogen) atoms. The van der Waals surface area contributed by atoms with Crippen molar-refractivity contribution in [3.8, 4) is 39.1 Å². The molecular weight excluding hydrogens is 498 g/mol. The highest BCUT2D eigenvalue weighted by atomic mass is 35.5. The van der Waals surface area contributed by atoms with Crippen LogP contribution in [0.1, 0.15) is 18.9 Å². The number of hydrogen-bond acceptors (Lipinski definition) is 4. The molecule has 0 amide bonds. The fourth-order valence-electron chi connectivity index (χ4n) is 4.49. The predicted molar refractivity (Wildman–Crippen MR) is 153 cm³/mol. The van der Waals surface area contributed by atoms with Gasteiger partial charge in [0.2, 0.25) is 0 Å². The molecule has 5 aromatic rings. The van der Waals surface area contributed by atoms with E-state index >= 15 is 0 Å². The highest BCUT2D eigenvalue weighted by molar-refractivity contribution is 6.34. The number of pyridine rings is 1. The first-order valence-corrected chi connectivity index (χ1v) is 12.8. The number of fused-ring (bicyclic) bond motifs is 1. The second-order valence-electron chi connectivity index (χ2n) is 9.12. The van der Waals surface area contributed by atoms with Crippen LogP contribution in [0.25, 0.3) is 44.3 Å². The van der Waals surface area contributed by atoms with Gasteiger partial charge in [-0.15, -0.1) is 0 Å². The number of H-pyrrole nitrogens is 1. The van der Waals surface area contributed by atoms with Crippen LogP contribution < -0.4 is 5.56 Å². The highest BCUT2D eigenvalue weighted by Crippen LogP contribution is 2.35. The summed E-state index contributed by atoms with van der Waals surface area (Å²) in [6.45, 7) is 2.34. The number of carbonyl (C=O) groups is 1. The van der Waals surface area contributed by atoms with Crippen LogP contribution in [0.4, 0.5) is 0 Å². The lowest BCUT2D eigenvalue weighted by molar-refractivity contribution is -0.142. The maximum atomic E-state index is 13.0. The van der Waals surface area contributed by atoms with Crippen molar-refractivity contribution in [2.45, 2.75) is 19.8 Å². The summed E-state index contributed by atoms with van der Waals surface area (Å²) in [6, 6.07) is 28.0. The summed E-state index contributed by atoms with van der Waals surface area (Å²) in [5, 5.41) is 11.5. The van der Waals surface area contributed by atoms with Crippen molar-refractivity contribution >= 4 is 28.5 Å². The third kappa shape index (κ3) is 5.34. The van der Waals surface area contributed by atoms with Gasteiger partial charge in [0.15, 0.2) is 0 Å². The summed E-state index contributed by atoms with van der Waals surface area (Å²) in [5.41, 5.74) is 5.80. The first-order chi connectivity index (χ1) is 18.4. The van der Waals surface area contributed by atoms with Gasteiger partial charge in [-0.1, -0.05) is 85.3 Å². The standard InChI is InChI=1S/C32H26ClNO4/c1-2-14-38-31(36)16-20-6-5-7-23(15-20)27-18-24-17-26(28(33)19-29(24)34-32(27)37)22-12-10-21(11-13-22)25-8-3-4-9-30(25)35/h3-13,15,17-19,35H,2,14,16H2,1H3,(H,34,37). The van der Waals surface area contributed by atoms with E-state index < -0.39 is 0 Å². The molecule has 0 aliphatic rings. The number of aromatic amines is 1. The Morgan fingerprint density at radius 3 is 2.29 bits per heavy atom. The lowest BCUT2D eigenvalue weighted by Gasteiger charge is -2.11. The Morgan fingerprint density at radius 1 is 0.842 bits per heavy atom. The number of para-hydroxylation sites is 1. The number of aromatic nitrogens is 1. The predicted octanol–water partition coefficient (Wildman–Crippen LogP) is 7.38. The second kappa shape index (κ2) is 11.0. The van der Waals surface area contributed by atoms with Crippen molar-refractivity contribution in [2.75, 3.05) is 6.61 Å². The van der Waals surface area contributed by atoms with Gasteiger partial charge in [0, 0.05) is 22.2 Å². The lowest BCUT2D eigenvalue weighted by atomic mass is 9.97. The van der Waals surface area contributed by atoms with E-state index in [1.54, 1.807) is 18.2 Å². The molecule has 0 saturated carbocycles. The number of hydrogen-bond donors (Lipinski definition) is 2. The molecule has 0 saturated heterocycles. The molecule has 0 atom stereocenters. The first-order valence-electron chi connectivity index (χ1n) is 12.4. The number of benzene rings is 4. The van der Waals surface area contributed by atoms with Crippen LogP contribution >= 0.6 is 11.6 Å². The minimum absolute atomic E-state index is 0.149. The smallest absolute Gasteiger partial charge is 0.310 e. The zero-order chi connectivity index (χ0) is 26.6. The molecule has 0 unspecified atom stereocenters. The fraction of sp³-hybridized carbons (Fsp3) is 0.125. The van der Waals surface area contributed by atoms with E-state index in [0.717, 1.165) is 45.2 Å². The number of aromatic hydroxyl groups is 1. The largest absolute Gasteiger partial charge is 0.507 e. The second-order valence-corrected chi connectivity index (χ2v) is 9.53. The highest BCUT2D eigenvalue weighted by Gasteiger charge is 2.13. The molecule has 190 valence electrons. The quantitative estimate of drug-likeness (QED) is 0.218. The Hall–Kier alpha value is -4.35. The van der Waals surface area contributed by atoms with Gasteiger partial charge in [0.1, 0.15) is 5.75 Å². The van der Waals surface area contributed by atoms with Gasteiger partial charge in [0.05, 0.1) is 18.1 Å². The fourth-order valence-corrected chi connectivity index (χ4v) is 4.77. The molecule has 5 rings (SSSR count). The van der Waals surface area contributed by atoms with E-state index in [-0.39, 0.29) is 23.7 Å². The van der Waals surface area contributed by atoms with Gasteiger partial charge < -0.3 is 14.8 Å². The number of phenolic OH excluding ortho intramolecular Hbond substituents is 1. The van der Waals surface area contributed by atoms with E-state index in [2.05, 4.69) is 4.98 Å². The van der Waals surface area contributed by atoms with Crippen molar-refractivity contribution in [1.82, 2.24) is 4.98 Å². The third-order valence-electron chi connectivity index (χ3n) is 6.40. The minimum Gasteiger partial charge on any atom is -0.507 e. The Morgan fingerprint density at radius 2 is 1.55 bits per heavy atom. The molecule has 0 spiro atoms. The van der Waals surface area contributed by atoms with E-state index in [4.69, 9.17) is 16.3 Å². The zero-order valence-corrected chi connectivity index (χ0v) is 21.6. The molecule has 4 aromatic carbocycles. The van der Waals surface area contributed by atoms with Crippen LogP contribution in [0.5, 0.6) is 5.75 Å². The van der Waals surface area contributed by atoms with E-state index in [1.165, 1.54) is 0 Å². The topological polar surface area (TPSA) is 79.4 Å². The van der Waals surface area contributed by atoms with Gasteiger partial charge >= 0.3 is 5.97 Å². The van der Waals surface area contributed by atoms with Crippen LogP contribution in [-0.2, 0) is 16.0 Å². The summed E-state index contributed by atoms with van der Waals surface area (Å²) in [5.74, 6) is -0.0633. The molecule has 2 N–H and O–H groups in total.